The van der Waals surface area contributed by atoms with Crippen LogP contribution in [-0.2, 0) is 21.1 Å². The molecule has 0 radical (unpaired) electrons. The van der Waals surface area contributed by atoms with Gasteiger partial charge in [0.05, 0.1) is 30.4 Å². The molecule has 0 spiro atoms. The third-order valence-corrected chi connectivity index (χ3v) is 10.5. The zero-order valence-electron chi connectivity index (χ0n) is 41.3. The number of nitrogens with zero attached hydrogens (tertiary/aromatic N) is 5. The van der Waals surface area contributed by atoms with Crippen LogP contribution in [0.15, 0.2) is 176 Å². The van der Waals surface area contributed by atoms with Crippen molar-refractivity contribution in [1.82, 2.24) is 14.1 Å². The van der Waals surface area contributed by atoms with E-state index in [4.69, 9.17) is 23.4 Å². The Kier molecular flexibility index (Phi) is 7.12. The summed E-state index contributed by atoms with van der Waals surface area (Å²) in [6, 6.07) is 37.3. The van der Waals surface area contributed by atoms with E-state index in [0.717, 1.165) is 59.4 Å². The van der Waals surface area contributed by atoms with Crippen molar-refractivity contribution < 1.29 is 44.1 Å². The predicted octanol–water partition coefficient (Wildman–Crippen LogP) is 11.5. The Morgan fingerprint density at radius 1 is 0.593 bits per heavy atom. The molecule has 0 saturated carbocycles. The quantitative estimate of drug-likeness (QED) is 0.113. The zero-order chi connectivity index (χ0) is 47.1. The molecule has 0 bridgehead atoms. The molecule has 4 heterocycles. The van der Waals surface area contributed by atoms with Gasteiger partial charge in [-0.2, -0.15) is 18.2 Å². The molecule has 0 amide bonds. The number of hydrogen-bond acceptors (Lipinski definition) is 3. The van der Waals surface area contributed by atoms with Gasteiger partial charge < -0.3 is 18.8 Å². The van der Waals surface area contributed by atoms with E-state index in [9.17, 15) is 0 Å². The fraction of sp³-hybridized carbons (Fsp3) is 0.0769. The van der Waals surface area contributed by atoms with E-state index in [2.05, 4.69) is 46.1 Å². The molecule has 6 nitrogen and oxygen atoms in total. The summed E-state index contributed by atoms with van der Waals surface area (Å²) in [5.41, 5.74) is 3.64. The van der Waals surface area contributed by atoms with Crippen molar-refractivity contribution in [1.29, 1.82) is 0 Å². The Morgan fingerprint density at radius 3 is 2.00 bits per heavy atom. The molecule has 1 saturated heterocycles. The second-order valence-corrected chi connectivity index (χ2v) is 13.9. The Bertz CT molecular complexity index is 3570. The Morgan fingerprint density at radius 2 is 1.24 bits per heavy atom. The molecule has 0 N–H and O–H groups in total. The van der Waals surface area contributed by atoms with Crippen molar-refractivity contribution in [3.63, 3.8) is 0 Å². The van der Waals surface area contributed by atoms with Crippen molar-refractivity contribution in [2.75, 3.05) is 18.0 Å². The summed E-state index contributed by atoms with van der Waals surface area (Å²) in [7, 11) is 0. The van der Waals surface area contributed by atoms with Crippen LogP contribution in [0.25, 0.3) is 72.3 Å². The second kappa shape index (κ2) is 15.5. The van der Waals surface area contributed by atoms with Gasteiger partial charge in [-0.15, -0.1) is 29.7 Å². The third kappa shape index (κ3) is 6.60. The van der Waals surface area contributed by atoms with Gasteiger partial charge in [-0.3, -0.25) is 4.57 Å². The van der Waals surface area contributed by atoms with Gasteiger partial charge in [-0.1, -0.05) is 133 Å². The van der Waals surface area contributed by atoms with Crippen LogP contribution >= 0.6 is 0 Å². The summed E-state index contributed by atoms with van der Waals surface area (Å²) in [5, 5.41) is 2.04. The van der Waals surface area contributed by atoms with Crippen molar-refractivity contribution >= 4 is 38.7 Å². The van der Waals surface area contributed by atoms with E-state index in [1.54, 1.807) is 39.5 Å². The van der Waals surface area contributed by atoms with E-state index in [0.29, 0.717) is 28.2 Å². The Hall–Kier alpha value is -6.75. The fourth-order valence-electron chi connectivity index (χ4n) is 7.94. The monoisotopic (exact) mass is 952 g/mol. The molecular formula is C52H37N5OPt-2. The van der Waals surface area contributed by atoms with Crippen LogP contribution in [0.2, 0.25) is 0 Å². The van der Waals surface area contributed by atoms with Crippen molar-refractivity contribution in [3.05, 3.63) is 194 Å². The number of rotatable bonds is 8. The fourth-order valence-corrected chi connectivity index (χ4v) is 7.94. The van der Waals surface area contributed by atoms with Gasteiger partial charge in [0.15, 0.2) is 0 Å². The van der Waals surface area contributed by atoms with Crippen LogP contribution in [0.1, 0.15) is 26.5 Å². The average molecular weight is 953 g/mol. The molecule has 59 heavy (non-hydrogen) atoms. The first-order valence-corrected chi connectivity index (χ1v) is 19.0. The zero-order valence-corrected chi connectivity index (χ0v) is 33.5. The van der Waals surface area contributed by atoms with Crippen molar-refractivity contribution in [2.45, 2.75) is 12.8 Å². The summed E-state index contributed by atoms with van der Waals surface area (Å²) in [4.78, 5) is 7.43. The number of para-hydroxylation sites is 4. The largest absolute Gasteiger partial charge is 0.510 e. The van der Waals surface area contributed by atoms with E-state index in [1.165, 1.54) is 0 Å². The van der Waals surface area contributed by atoms with Crippen LogP contribution in [0.5, 0.6) is 11.5 Å². The molecule has 1 aliphatic rings. The average Bonchev–Trinajstić information content (AvgIpc) is 4.12. The number of benzene rings is 7. The summed E-state index contributed by atoms with van der Waals surface area (Å²) in [5.74, 6) is 2.52. The minimum Gasteiger partial charge on any atom is -0.510 e. The predicted molar refractivity (Wildman–Crippen MR) is 232 cm³/mol. The van der Waals surface area contributed by atoms with Gasteiger partial charge in [-0.25, -0.2) is 4.98 Å². The van der Waals surface area contributed by atoms with Gasteiger partial charge >= 0.3 is 0 Å². The summed E-state index contributed by atoms with van der Waals surface area (Å²) >= 11 is 0. The second-order valence-electron chi connectivity index (χ2n) is 13.9. The molecule has 11 rings (SSSR count). The van der Waals surface area contributed by atoms with Crippen LogP contribution in [0, 0.1) is 18.5 Å². The molecule has 10 aromatic rings. The normalized spacial score (nSPS) is 15.0. The van der Waals surface area contributed by atoms with Crippen LogP contribution < -0.4 is 14.2 Å². The maximum absolute atomic E-state index is 8.99. The van der Waals surface area contributed by atoms with Crippen LogP contribution in [-0.4, -0.2) is 27.2 Å². The van der Waals surface area contributed by atoms with Crippen LogP contribution in [0.3, 0.4) is 0 Å². The van der Waals surface area contributed by atoms with Crippen molar-refractivity contribution in [2.24, 2.45) is 0 Å². The summed E-state index contributed by atoms with van der Waals surface area (Å²) < 4.78 is 98.8. The minimum atomic E-state index is -0.569. The van der Waals surface area contributed by atoms with E-state index in [-0.39, 0.29) is 49.0 Å². The third-order valence-electron chi connectivity index (χ3n) is 10.5. The van der Waals surface area contributed by atoms with Crippen molar-refractivity contribution in [3.8, 4) is 50.9 Å². The molecule has 0 unspecified atom stereocenters. The molecule has 7 aromatic carbocycles. The first-order valence-electron chi connectivity index (χ1n) is 24.0. The molecule has 288 valence electrons. The van der Waals surface area contributed by atoms with Gasteiger partial charge in [-0.05, 0) is 64.4 Å². The molecule has 0 atom stereocenters. The smallest absolute Gasteiger partial charge is 0.268 e. The SMILES string of the molecule is [2H]c1c([2H])c([2H])c(-c2cccc(-c3c([2H])c([2H])c([2H])c([2H])c3[2H])c2-[n+]2[c-]n(-c3[c-]c(Oc4[c-]c5c(cc4)c4ccccc4n5-c4cccc(N5CCCC5)n4)ccc3)c3ccccc32)c([2H])c1[2H].[Pt]. The van der Waals surface area contributed by atoms with E-state index >= 15 is 0 Å². The molecule has 0 aliphatic carbocycles. The molecule has 1 fully saturated rings. The van der Waals surface area contributed by atoms with Gasteiger partial charge in [0.1, 0.15) is 11.6 Å². The number of fused-ring (bicyclic) bond motifs is 4. The molecule has 7 heteroatoms. The van der Waals surface area contributed by atoms with Crippen LogP contribution in [0.4, 0.5) is 5.82 Å². The maximum atomic E-state index is 8.99. The Balaban J connectivity index is 0.00000553. The minimum absolute atomic E-state index is 0. The summed E-state index contributed by atoms with van der Waals surface area (Å²) in [6.07, 6.45) is 5.68. The van der Waals surface area contributed by atoms with Gasteiger partial charge in [0, 0.05) is 51.2 Å². The number of imidazole rings is 1. The van der Waals surface area contributed by atoms with Gasteiger partial charge in [0.2, 0.25) is 0 Å². The summed E-state index contributed by atoms with van der Waals surface area (Å²) in [6.45, 7) is 1.94. The molecular weight excluding hydrogens is 906 g/mol. The topological polar surface area (TPSA) is 39.1 Å². The standard InChI is InChI=1S/C52H37N5O.Pt/c1-3-16-37(17-4-1)42-23-14-24-43(38-18-5-2-6-19-38)52(42)56-36-55(47-26-9-10-27-48(47)56)39-20-13-21-40(34-39)58-41-30-31-45-44-22-7-8-25-46(44)57(49(45)35-41)51-29-15-28-50(53-51)54-32-11-12-33-54;/h1-10,13-31H,11-12,32-33H2;/q-2;/i1D,2D,3D,4D,5D,6D,16D,17D,18D,19D;. The first-order chi connectivity index (χ1) is 32.9. The maximum Gasteiger partial charge on any atom is 0.268 e. The number of aromatic nitrogens is 4. The number of ether oxygens (including phenoxy) is 1. The van der Waals surface area contributed by atoms with E-state index < -0.39 is 60.4 Å². The first kappa shape index (κ1) is 27.0. The number of pyridine rings is 1. The Labute approximate surface area is 371 Å². The van der Waals surface area contributed by atoms with E-state index in [1.807, 2.05) is 66.7 Å². The number of anilines is 1. The number of hydrogen-bond donors (Lipinski definition) is 0. The molecule has 3 aromatic heterocycles. The van der Waals surface area contributed by atoms with Gasteiger partial charge in [0.25, 0.3) is 6.33 Å². The molecule has 1 aliphatic heterocycles.